The molecule has 1 fully saturated rings. The molecule has 4 aromatic rings. The van der Waals surface area contributed by atoms with E-state index in [9.17, 15) is 9.59 Å². The van der Waals surface area contributed by atoms with Crippen LogP contribution in [0.4, 0.5) is 17.4 Å². The highest BCUT2D eigenvalue weighted by Crippen LogP contribution is 2.30. The fourth-order valence-corrected chi connectivity index (χ4v) is 5.07. The van der Waals surface area contributed by atoms with Gasteiger partial charge < -0.3 is 14.2 Å². The lowest BCUT2D eigenvalue weighted by Crippen LogP contribution is -2.36. The minimum absolute atomic E-state index is 0.00182. The number of nitrogens with one attached hydrogen (secondary N) is 1. The zero-order valence-corrected chi connectivity index (χ0v) is 22.5. The highest BCUT2D eigenvalue weighted by atomic mass is 16.4. The molecule has 0 radical (unpaired) electrons. The Balaban J connectivity index is 1.39. The van der Waals surface area contributed by atoms with E-state index in [1.54, 1.807) is 18.2 Å². The lowest BCUT2D eigenvalue weighted by molar-refractivity contribution is -0.123. The van der Waals surface area contributed by atoms with Crippen LogP contribution in [-0.2, 0) is 11.3 Å². The van der Waals surface area contributed by atoms with Crippen LogP contribution in [0.5, 0.6) is 0 Å². The maximum absolute atomic E-state index is 13.8. The molecule has 7 nitrogen and oxygen atoms in total. The summed E-state index contributed by atoms with van der Waals surface area (Å²) in [6.45, 7) is 0.431. The molecule has 1 heterocycles. The smallest absolute Gasteiger partial charge is 0.301 e. The lowest BCUT2D eigenvalue weighted by atomic mass is 9.88. The Morgan fingerprint density at radius 1 is 0.897 bits per heavy atom. The van der Waals surface area contributed by atoms with Crippen molar-refractivity contribution in [3.63, 3.8) is 0 Å². The Kier molecular flexibility index (Phi) is 8.06. The quantitative estimate of drug-likeness (QED) is 0.276. The van der Waals surface area contributed by atoms with Gasteiger partial charge in [-0.1, -0.05) is 61.7 Å². The summed E-state index contributed by atoms with van der Waals surface area (Å²) in [4.78, 5) is 34.5. The summed E-state index contributed by atoms with van der Waals surface area (Å²) < 4.78 is 5.15. The van der Waals surface area contributed by atoms with Crippen molar-refractivity contribution in [2.45, 2.75) is 38.6 Å². The van der Waals surface area contributed by atoms with E-state index in [1.807, 2.05) is 25.1 Å². The molecule has 1 aliphatic carbocycles. The number of rotatable bonds is 8. The maximum atomic E-state index is 13.8. The molecule has 1 aliphatic rings. The first kappa shape index (κ1) is 26.2. The van der Waals surface area contributed by atoms with Crippen LogP contribution in [0.3, 0.4) is 0 Å². The number of carbonyl (C=O) groups is 2. The van der Waals surface area contributed by atoms with E-state index in [-0.39, 0.29) is 23.7 Å². The van der Waals surface area contributed by atoms with E-state index < -0.39 is 0 Å². The lowest BCUT2D eigenvalue weighted by Gasteiger charge is -2.30. The van der Waals surface area contributed by atoms with Gasteiger partial charge in [-0.15, -0.1) is 0 Å². The van der Waals surface area contributed by atoms with Crippen LogP contribution < -0.4 is 15.1 Å². The second-order valence-corrected chi connectivity index (χ2v) is 10.2. The average molecular weight is 523 g/mol. The van der Waals surface area contributed by atoms with Crippen molar-refractivity contribution in [1.82, 2.24) is 4.98 Å². The number of aromatic nitrogens is 1. The minimum Gasteiger partial charge on any atom is -0.432 e. The Morgan fingerprint density at radius 2 is 1.59 bits per heavy atom. The van der Waals surface area contributed by atoms with Gasteiger partial charge in [0.25, 0.3) is 5.91 Å². The van der Waals surface area contributed by atoms with E-state index in [2.05, 4.69) is 63.7 Å². The standard InChI is InChI=1S/C32H34N4O3/c1-35(2)28-17-15-25(16-18-28)24-13-11-23(12-14-24)22-36(31(38)26-7-4-3-5-8-26)29-10-6-9-27(21-29)30(37)34-32-33-19-20-39-32/h6,9-21,26H,3-5,7-8,22H2,1-2H3,(H,33,34,37). The van der Waals surface area contributed by atoms with Gasteiger partial charge in [0, 0.05) is 37.0 Å². The molecule has 0 atom stereocenters. The van der Waals surface area contributed by atoms with Crippen LogP contribution in [-0.4, -0.2) is 30.9 Å². The first-order valence-electron chi connectivity index (χ1n) is 13.5. The van der Waals surface area contributed by atoms with Gasteiger partial charge in [-0.05, 0) is 59.9 Å². The van der Waals surface area contributed by atoms with Crippen LogP contribution in [0.25, 0.3) is 11.1 Å². The second-order valence-electron chi connectivity index (χ2n) is 10.2. The number of benzene rings is 3. The summed E-state index contributed by atoms with van der Waals surface area (Å²) in [6, 6.07) is 24.1. The van der Waals surface area contributed by atoms with Gasteiger partial charge >= 0.3 is 6.01 Å². The van der Waals surface area contributed by atoms with E-state index in [0.717, 1.165) is 48.1 Å². The van der Waals surface area contributed by atoms with E-state index >= 15 is 0 Å². The van der Waals surface area contributed by atoms with Gasteiger partial charge in [0.05, 0.1) is 12.7 Å². The Hall–Kier alpha value is -4.39. The molecule has 200 valence electrons. The highest BCUT2D eigenvalue weighted by molar-refractivity contribution is 6.04. The van der Waals surface area contributed by atoms with Gasteiger partial charge in [0.2, 0.25) is 5.91 Å². The Bertz CT molecular complexity index is 1390. The number of hydrogen-bond donors (Lipinski definition) is 1. The zero-order valence-electron chi connectivity index (χ0n) is 22.5. The van der Waals surface area contributed by atoms with Gasteiger partial charge in [0.15, 0.2) is 0 Å². The van der Waals surface area contributed by atoms with Gasteiger partial charge in [-0.2, -0.15) is 0 Å². The van der Waals surface area contributed by atoms with Crippen molar-refractivity contribution >= 4 is 29.2 Å². The topological polar surface area (TPSA) is 78.7 Å². The Morgan fingerprint density at radius 3 is 2.23 bits per heavy atom. The summed E-state index contributed by atoms with van der Waals surface area (Å²) in [5, 5.41) is 2.66. The van der Waals surface area contributed by atoms with Crippen molar-refractivity contribution in [2.24, 2.45) is 5.92 Å². The monoisotopic (exact) mass is 522 g/mol. The van der Waals surface area contributed by atoms with Crippen molar-refractivity contribution in [2.75, 3.05) is 29.2 Å². The average Bonchev–Trinajstić information content (AvgIpc) is 3.49. The van der Waals surface area contributed by atoms with Crippen molar-refractivity contribution < 1.29 is 14.0 Å². The number of anilines is 3. The van der Waals surface area contributed by atoms with Crippen molar-refractivity contribution in [3.05, 3.63) is 96.4 Å². The SMILES string of the molecule is CN(C)c1ccc(-c2ccc(CN(C(=O)C3CCCCC3)c3cccc(C(=O)Nc4ncco4)c3)cc2)cc1. The molecule has 7 heteroatoms. The third kappa shape index (κ3) is 6.37. The summed E-state index contributed by atoms with van der Waals surface area (Å²) >= 11 is 0. The van der Waals surface area contributed by atoms with Crippen LogP contribution in [0, 0.1) is 5.92 Å². The molecular weight excluding hydrogens is 488 g/mol. The third-order valence-corrected chi connectivity index (χ3v) is 7.30. The van der Waals surface area contributed by atoms with Crippen LogP contribution >= 0.6 is 0 Å². The van der Waals surface area contributed by atoms with E-state index in [0.29, 0.717) is 17.8 Å². The molecule has 0 saturated heterocycles. The largest absolute Gasteiger partial charge is 0.432 e. The predicted octanol–water partition coefficient (Wildman–Crippen LogP) is 6.77. The van der Waals surface area contributed by atoms with E-state index in [1.165, 1.54) is 18.9 Å². The summed E-state index contributed by atoms with van der Waals surface area (Å²) in [5.41, 5.74) is 5.59. The Labute approximate surface area is 229 Å². The molecule has 1 saturated carbocycles. The molecule has 0 aliphatic heterocycles. The van der Waals surface area contributed by atoms with Crippen molar-refractivity contribution in [1.29, 1.82) is 0 Å². The summed E-state index contributed by atoms with van der Waals surface area (Å²) in [5.74, 6) is -0.227. The molecule has 1 aromatic heterocycles. The highest BCUT2D eigenvalue weighted by Gasteiger charge is 2.27. The van der Waals surface area contributed by atoms with Gasteiger partial charge in [-0.25, -0.2) is 4.98 Å². The summed E-state index contributed by atoms with van der Waals surface area (Å²) in [7, 11) is 4.06. The molecule has 0 bridgehead atoms. The third-order valence-electron chi connectivity index (χ3n) is 7.30. The fourth-order valence-electron chi connectivity index (χ4n) is 5.07. The zero-order chi connectivity index (χ0) is 27.2. The van der Waals surface area contributed by atoms with Crippen LogP contribution in [0.1, 0.15) is 48.0 Å². The van der Waals surface area contributed by atoms with Gasteiger partial charge in [-0.3, -0.25) is 14.9 Å². The molecule has 0 spiro atoms. The number of nitrogens with zero attached hydrogens (tertiary/aromatic N) is 3. The number of oxazole rings is 1. The molecule has 3 aromatic carbocycles. The minimum atomic E-state index is -0.339. The molecule has 39 heavy (non-hydrogen) atoms. The molecule has 5 rings (SSSR count). The van der Waals surface area contributed by atoms with Crippen molar-refractivity contribution in [3.8, 4) is 11.1 Å². The molecular formula is C32H34N4O3. The number of carbonyl (C=O) groups excluding carboxylic acids is 2. The number of amides is 2. The fraction of sp³-hybridized carbons (Fsp3) is 0.281. The molecule has 0 unspecified atom stereocenters. The van der Waals surface area contributed by atoms with Crippen LogP contribution in [0.15, 0.2) is 89.7 Å². The maximum Gasteiger partial charge on any atom is 0.301 e. The second kappa shape index (κ2) is 12.0. The van der Waals surface area contributed by atoms with Gasteiger partial charge in [0.1, 0.15) is 6.26 Å². The normalized spacial score (nSPS) is 13.6. The molecule has 2 amide bonds. The first-order chi connectivity index (χ1) is 19.0. The van der Waals surface area contributed by atoms with Crippen LogP contribution in [0.2, 0.25) is 0 Å². The number of hydrogen-bond acceptors (Lipinski definition) is 5. The predicted molar refractivity (Wildman–Crippen MR) is 155 cm³/mol. The van der Waals surface area contributed by atoms with E-state index in [4.69, 9.17) is 4.42 Å². The molecule has 1 N–H and O–H groups in total. The summed E-state index contributed by atoms with van der Waals surface area (Å²) in [6.07, 6.45) is 8.01. The first-order valence-corrected chi connectivity index (χ1v) is 13.5.